The van der Waals surface area contributed by atoms with Crippen molar-refractivity contribution >= 4 is 16.8 Å². The number of methoxy groups -OCH3 is 1. The number of amides is 1. The van der Waals surface area contributed by atoms with Crippen LogP contribution in [0.3, 0.4) is 0 Å². The summed E-state index contributed by atoms with van der Waals surface area (Å²) in [6.45, 7) is 1.29. The lowest BCUT2D eigenvalue weighted by atomic mass is 9.96. The number of fused-ring (bicyclic) bond motifs is 1. The van der Waals surface area contributed by atoms with Gasteiger partial charge in [-0.25, -0.2) is 0 Å². The number of ether oxygens (including phenoxy) is 1. The Hall–Kier alpha value is -3.55. The van der Waals surface area contributed by atoms with Crippen LogP contribution in [0.2, 0.25) is 0 Å². The molecule has 29 heavy (non-hydrogen) atoms. The lowest BCUT2D eigenvalue weighted by Crippen LogP contribution is -2.38. The van der Waals surface area contributed by atoms with E-state index in [0.717, 1.165) is 35.1 Å². The average molecular weight is 392 g/mol. The number of furan rings is 1. The van der Waals surface area contributed by atoms with Crippen LogP contribution in [0.25, 0.3) is 22.4 Å². The van der Waals surface area contributed by atoms with E-state index in [0.29, 0.717) is 30.6 Å². The van der Waals surface area contributed by atoms with Gasteiger partial charge in [-0.05, 0) is 37.1 Å². The van der Waals surface area contributed by atoms with Crippen molar-refractivity contribution in [2.45, 2.75) is 18.8 Å². The van der Waals surface area contributed by atoms with Gasteiger partial charge in [0.15, 0.2) is 0 Å². The molecule has 1 saturated heterocycles. The highest BCUT2D eigenvalue weighted by molar-refractivity contribution is 5.98. The topological polar surface area (TPSA) is 97.4 Å². The van der Waals surface area contributed by atoms with E-state index in [2.05, 4.69) is 15.2 Å². The zero-order valence-electron chi connectivity index (χ0n) is 15.9. The first-order valence-corrected chi connectivity index (χ1v) is 9.53. The second-order valence-electron chi connectivity index (χ2n) is 7.16. The molecule has 1 fully saturated rings. The Morgan fingerprint density at radius 3 is 2.83 bits per heavy atom. The predicted molar refractivity (Wildman–Crippen MR) is 105 cm³/mol. The van der Waals surface area contributed by atoms with Gasteiger partial charge >= 0.3 is 0 Å². The minimum absolute atomic E-state index is 0.00299. The first-order valence-electron chi connectivity index (χ1n) is 9.53. The third-order valence-electron chi connectivity index (χ3n) is 5.40. The summed E-state index contributed by atoms with van der Waals surface area (Å²) in [5.41, 5.74) is 2.25. The van der Waals surface area contributed by atoms with Crippen molar-refractivity contribution in [2.75, 3.05) is 20.2 Å². The molecule has 0 bridgehead atoms. The van der Waals surface area contributed by atoms with Gasteiger partial charge in [-0.15, -0.1) is 10.2 Å². The maximum atomic E-state index is 12.9. The number of aromatic nitrogens is 3. The molecule has 0 spiro atoms. The number of likely N-dealkylation sites (tertiary alicyclic amines) is 1. The quantitative estimate of drug-likeness (QED) is 0.567. The van der Waals surface area contributed by atoms with E-state index < -0.39 is 0 Å². The van der Waals surface area contributed by atoms with Crippen LogP contribution >= 0.6 is 0 Å². The molecule has 148 valence electrons. The Bertz CT molecular complexity index is 1140. The third kappa shape index (κ3) is 3.26. The van der Waals surface area contributed by atoms with Crippen molar-refractivity contribution in [1.29, 1.82) is 0 Å². The van der Waals surface area contributed by atoms with E-state index in [9.17, 15) is 4.79 Å². The average Bonchev–Trinajstić information content (AvgIpc) is 3.52. The molecule has 1 amide bonds. The fourth-order valence-corrected chi connectivity index (χ4v) is 3.75. The van der Waals surface area contributed by atoms with Gasteiger partial charge in [0.2, 0.25) is 5.89 Å². The maximum absolute atomic E-state index is 12.9. The number of carbonyl (C=O) groups is 1. The summed E-state index contributed by atoms with van der Waals surface area (Å²) in [7, 11) is 1.63. The van der Waals surface area contributed by atoms with Gasteiger partial charge in [0.25, 0.3) is 11.8 Å². The van der Waals surface area contributed by atoms with E-state index in [1.807, 2.05) is 29.2 Å². The monoisotopic (exact) mass is 392 g/mol. The summed E-state index contributed by atoms with van der Waals surface area (Å²) in [6, 6.07) is 9.40. The SMILES string of the molecule is COc1ccc2cc(C(=O)N3CCC(c4nnc(-c5ccoc5)o4)CC3)[nH]c2c1. The summed E-state index contributed by atoms with van der Waals surface area (Å²) in [5.74, 6) is 1.99. The predicted octanol–water partition coefficient (Wildman–Crippen LogP) is 3.84. The molecule has 8 heteroatoms. The molecule has 0 radical (unpaired) electrons. The number of nitrogens with one attached hydrogen (secondary N) is 1. The van der Waals surface area contributed by atoms with Crippen LogP contribution in [0.15, 0.2) is 51.7 Å². The summed E-state index contributed by atoms with van der Waals surface area (Å²) in [5, 5.41) is 9.28. The van der Waals surface area contributed by atoms with Crippen LogP contribution < -0.4 is 4.74 Å². The van der Waals surface area contributed by atoms with Crippen molar-refractivity contribution < 1.29 is 18.4 Å². The number of nitrogens with zero attached hydrogens (tertiary/aromatic N) is 3. The Labute approximate surface area is 166 Å². The minimum Gasteiger partial charge on any atom is -0.497 e. The van der Waals surface area contributed by atoms with Gasteiger partial charge in [-0.1, -0.05) is 0 Å². The van der Waals surface area contributed by atoms with Crippen molar-refractivity contribution in [3.8, 4) is 17.2 Å². The zero-order chi connectivity index (χ0) is 19.8. The fraction of sp³-hybridized carbons (Fsp3) is 0.286. The number of H-pyrrole nitrogens is 1. The van der Waals surface area contributed by atoms with Crippen LogP contribution in [0.5, 0.6) is 5.75 Å². The maximum Gasteiger partial charge on any atom is 0.270 e. The first-order chi connectivity index (χ1) is 14.2. The number of hydrogen-bond donors (Lipinski definition) is 1. The normalized spacial score (nSPS) is 15.1. The number of benzene rings is 1. The molecule has 1 aromatic carbocycles. The van der Waals surface area contributed by atoms with Crippen LogP contribution in [0.4, 0.5) is 0 Å². The third-order valence-corrected chi connectivity index (χ3v) is 5.40. The molecular weight excluding hydrogens is 372 g/mol. The van der Waals surface area contributed by atoms with E-state index in [-0.39, 0.29) is 11.8 Å². The van der Waals surface area contributed by atoms with Crippen molar-refractivity contribution in [3.05, 3.63) is 54.4 Å². The molecule has 0 saturated carbocycles. The molecule has 0 unspecified atom stereocenters. The van der Waals surface area contributed by atoms with E-state index in [1.165, 1.54) is 0 Å². The zero-order valence-corrected chi connectivity index (χ0v) is 15.9. The van der Waals surface area contributed by atoms with Gasteiger partial charge < -0.3 is 23.5 Å². The standard InChI is InChI=1S/C21H20N4O4/c1-27-16-3-2-14-10-18(22-17(14)11-16)21(26)25-7-4-13(5-8-25)19-23-24-20(29-19)15-6-9-28-12-15/h2-3,6,9-13,22H,4-5,7-8H2,1H3. The molecule has 0 aliphatic carbocycles. The second kappa shape index (κ2) is 7.12. The van der Waals surface area contributed by atoms with Crippen LogP contribution in [0.1, 0.15) is 35.1 Å². The number of aromatic amines is 1. The summed E-state index contributed by atoms with van der Waals surface area (Å²) >= 11 is 0. The van der Waals surface area contributed by atoms with Gasteiger partial charge in [-0.3, -0.25) is 4.79 Å². The Balaban J connectivity index is 1.26. The first kappa shape index (κ1) is 17.5. The Morgan fingerprint density at radius 2 is 2.07 bits per heavy atom. The smallest absolute Gasteiger partial charge is 0.270 e. The highest BCUT2D eigenvalue weighted by Crippen LogP contribution is 2.30. The highest BCUT2D eigenvalue weighted by Gasteiger charge is 2.28. The second-order valence-corrected chi connectivity index (χ2v) is 7.16. The van der Waals surface area contributed by atoms with Crippen LogP contribution in [-0.2, 0) is 0 Å². The summed E-state index contributed by atoms with van der Waals surface area (Å²) < 4.78 is 16.1. The molecule has 4 heterocycles. The molecule has 1 aliphatic rings. The van der Waals surface area contributed by atoms with Crippen LogP contribution in [0, 0.1) is 0 Å². The lowest BCUT2D eigenvalue weighted by Gasteiger charge is -2.30. The molecule has 3 aromatic heterocycles. The molecule has 0 atom stereocenters. The number of rotatable bonds is 4. The number of carbonyl (C=O) groups excluding carboxylic acids is 1. The number of piperidine rings is 1. The van der Waals surface area contributed by atoms with E-state index in [1.54, 1.807) is 25.7 Å². The van der Waals surface area contributed by atoms with Crippen molar-refractivity contribution in [2.24, 2.45) is 0 Å². The Morgan fingerprint density at radius 1 is 1.21 bits per heavy atom. The van der Waals surface area contributed by atoms with E-state index in [4.69, 9.17) is 13.6 Å². The Kier molecular flexibility index (Phi) is 4.31. The van der Waals surface area contributed by atoms with E-state index >= 15 is 0 Å². The molecule has 1 N–H and O–H groups in total. The van der Waals surface area contributed by atoms with Gasteiger partial charge in [0.05, 0.1) is 18.9 Å². The molecule has 4 aromatic rings. The number of hydrogen-bond acceptors (Lipinski definition) is 6. The van der Waals surface area contributed by atoms with Gasteiger partial charge in [0, 0.05) is 36.0 Å². The van der Waals surface area contributed by atoms with Gasteiger partial charge in [0.1, 0.15) is 17.7 Å². The van der Waals surface area contributed by atoms with Crippen molar-refractivity contribution in [1.82, 2.24) is 20.1 Å². The summed E-state index contributed by atoms with van der Waals surface area (Å²) in [4.78, 5) is 18.0. The van der Waals surface area contributed by atoms with Gasteiger partial charge in [-0.2, -0.15) is 0 Å². The summed E-state index contributed by atoms with van der Waals surface area (Å²) in [6.07, 6.45) is 4.72. The fourth-order valence-electron chi connectivity index (χ4n) is 3.75. The van der Waals surface area contributed by atoms with Crippen LogP contribution in [-0.4, -0.2) is 46.2 Å². The van der Waals surface area contributed by atoms with Crippen molar-refractivity contribution in [3.63, 3.8) is 0 Å². The molecule has 5 rings (SSSR count). The molecule has 8 nitrogen and oxygen atoms in total. The molecular formula is C21H20N4O4. The lowest BCUT2D eigenvalue weighted by molar-refractivity contribution is 0.0701. The molecule has 1 aliphatic heterocycles. The highest BCUT2D eigenvalue weighted by atomic mass is 16.5. The largest absolute Gasteiger partial charge is 0.497 e. The minimum atomic E-state index is 0.00299.